The molecule has 0 saturated carbocycles. The van der Waals surface area contributed by atoms with Crippen LogP contribution in [-0.2, 0) is 38.4 Å². The Kier molecular flexibility index (Phi) is 10.2. The van der Waals surface area contributed by atoms with Gasteiger partial charge in [-0.05, 0) is 93.0 Å². The van der Waals surface area contributed by atoms with E-state index in [9.17, 15) is 38.4 Å². The SMILES string of the molecule is O=C1C=CC(=O)N1c1ccc(C(c2ccc(-c3ccc(C(c4ccc(N5C(=O)C=CC5=O)cc4)c4ccc(N5C(=O)C=CC5=O)cc4)cc3)cc2)c2ccc(N3C(=O)C=CC3=O)cc2)cc1. The van der Waals surface area contributed by atoms with Crippen molar-refractivity contribution in [1.82, 2.24) is 0 Å². The first-order valence-electron chi connectivity index (χ1n) is 20.9. The Morgan fingerprint density at radius 3 is 0.530 bits per heavy atom. The Balaban J connectivity index is 0.957. The number of rotatable bonds is 11. The highest BCUT2D eigenvalue weighted by molar-refractivity contribution is 6.30. The van der Waals surface area contributed by atoms with E-state index in [0.717, 1.165) is 64.1 Å². The zero-order valence-corrected chi connectivity index (χ0v) is 34.7. The molecule has 0 radical (unpaired) electrons. The Hall–Kier alpha value is -9.16. The molecule has 0 bridgehead atoms. The van der Waals surface area contributed by atoms with Crippen molar-refractivity contribution in [2.24, 2.45) is 0 Å². The molecule has 0 atom stereocenters. The van der Waals surface area contributed by atoms with Crippen LogP contribution in [0, 0.1) is 0 Å². The van der Waals surface area contributed by atoms with Crippen molar-refractivity contribution in [3.8, 4) is 11.1 Å². The Morgan fingerprint density at radius 2 is 0.364 bits per heavy atom. The topological polar surface area (TPSA) is 150 Å². The Bertz CT molecular complexity index is 2710. The van der Waals surface area contributed by atoms with Gasteiger partial charge in [0, 0.05) is 60.4 Å². The monoisotopic (exact) mass is 866 g/mol. The molecule has 6 aromatic rings. The summed E-state index contributed by atoms with van der Waals surface area (Å²) in [4.78, 5) is 104. The fourth-order valence-electron chi connectivity index (χ4n) is 8.77. The highest BCUT2D eigenvalue weighted by Crippen LogP contribution is 2.38. The Morgan fingerprint density at radius 1 is 0.212 bits per heavy atom. The van der Waals surface area contributed by atoms with Crippen LogP contribution in [0.1, 0.15) is 45.2 Å². The number of hydrogen-bond donors (Lipinski definition) is 0. The summed E-state index contributed by atoms with van der Waals surface area (Å²) in [5, 5.41) is 0. The number of carbonyl (C=O) groups is 8. The first kappa shape index (κ1) is 40.9. The first-order chi connectivity index (χ1) is 32.0. The second-order valence-corrected chi connectivity index (χ2v) is 15.9. The number of carbonyl (C=O) groups excluding carboxylic acids is 8. The fourth-order valence-corrected chi connectivity index (χ4v) is 8.77. The lowest BCUT2D eigenvalue weighted by molar-refractivity contribution is -0.121. The third-order valence-electron chi connectivity index (χ3n) is 12.0. The summed E-state index contributed by atoms with van der Waals surface area (Å²) in [7, 11) is 0. The minimum Gasteiger partial charge on any atom is -0.269 e. The van der Waals surface area contributed by atoms with Crippen molar-refractivity contribution in [1.29, 1.82) is 0 Å². The maximum Gasteiger partial charge on any atom is 0.258 e. The van der Waals surface area contributed by atoms with Crippen LogP contribution < -0.4 is 19.6 Å². The summed E-state index contributed by atoms with van der Waals surface area (Å²) in [6.45, 7) is 0. The highest BCUT2D eigenvalue weighted by Gasteiger charge is 2.30. The number of anilines is 4. The largest absolute Gasteiger partial charge is 0.269 e. The van der Waals surface area contributed by atoms with Gasteiger partial charge < -0.3 is 0 Å². The molecular formula is C54H34N4O8. The van der Waals surface area contributed by atoms with Crippen molar-refractivity contribution >= 4 is 70.0 Å². The molecule has 4 aliphatic rings. The van der Waals surface area contributed by atoms with Crippen LogP contribution in [-0.4, -0.2) is 47.3 Å². The van der Waals surface area contributed by atoms with E-state index >= 15 is 0 Å². The van der Waals surface area contributed by atoms with Gasteiger partial charge in [-0.1, -0.05) is 97.1 Å². The molecule has 0 unspecified atom stereocenters. The van der Waals surface area contributed by atoms with Gasteiger partial charge in [0.1, 0.15) is 0 Å². The molecule has 66 heavy (non-hydrogen) atoms. The predicted octanol–water partition coefficient (Wildman–Crippen LogP) is 7.43. The van der Waals surface area contributed by atoms with Gasteiger partial charge in [-0.2, -0.15) is 0 Å². The van der Waals surface area contributed by atoms with Crippen LogP contribution in [0.4, 0.5) is 22.7 Å². The summed E-state index contributed by atoms with van der Waals surface area (Å²) in [5.41, 5.74) is 9.06. The molecule has 0 saturated heterocycles. The maximum atomic E-state index is 12.4. The van der Waals surface area contributed by atoms with Crippen LogP contribution in [0.15, 0.2) is 194 Å². The van der Waals surface area contributed by atoms with Crippen LogP contribution in [0.5, 0.6) is 0 Å². The first-order valence-corrected chi connectivity index (χ1v) is 20.9. The van der Waals surface area contributed by atoms with Gasteiger partial charge in [0.25, 0.3) is 47.3 Å². The van der Waals surface area contributed by atoms with Gasteiger partial charge in [0.2, 0.25) is 0 Å². The summed E-state index contributed by atoms with van der Waals surface area (Å²) in [6.07, 6.45) is 9.91. The van der Waals surface area contributed by atoms with E-state index in [2.05, 4.69) is 0 Å². The zero-order chi connectivity index (χ0) is 45.6. The smallest absolute Gasteiger partial charge is 0.258 e. The van der Waals surface area contributed by atoms with Crippen LogP contribution in [0.25, 0.3) is 11.1 Å². The van der Waals surface area contributed by atoms with Crippen molar-refractivity contribution in [3.63, 3.8) is 0 Å². The molecule has 0 N–H and O–H groups in total. The van der Waals surface area contributed by atoms with Gasteiger partial charge in [-0.15, -0.1) is 0 Å². The number of nitrogens with zero attached hydrogens (tertiary/aromatic N) is 4. The van der Waals surface area contributed by atoms with Gasteiger partial charge in [0.15, 0.2) is 0 Å². The average Bonchev–Trinajstić information content (AvgIpc) is 4.08. The van der Waals surface area contributed by atoms with Gasteiger partial charge >= 0.3 is 0 Å². The molecule has 10 rings (SSSR count). The van der Waals surface area contributed by atoms with Crippen LogP contribution >= 0.6 is 0 Å². The second-order valence-electron chi connectivity index (χ2n) is 15.9. The van der Waals surface area contributed by atoms with Gasteiger partial charge in [-0.25, -0.2) is 19.6 Å². The summed E-state index contributed by atoms with van der Waals surface area (Å²) >= 11 is 0. The summed E-state index contributed by atoms with van der Waals surface area (Å²) in [6, 6.07) is 45.1. The molecule has 8 amide bonds. The van der Waals surface area contributed by atoms with Gasteiger partial charge in [-0.3, -0.25) is 38.4 Å². The van der Waals surface area contributed by atoms with Crippen LogP contribution in [0.2, 0.25) is 0 Å². The van der Waals surface area contributed by atoms with Gasteiger partial charge in [0.05, 0.1) is 22.7 Å². The lowest BCUT2D eigenvalue weighted by Crippen LogP contribution is -2.29. The molecule has 12 nitrogen and oxygen atoms in total. The van der Waals surface area contributed by atoms with Crippen molar-refractivity contribution in [2.45, 2.75) is 11.8 Å². The van der Waals surface area contributed by atoms with Crippen molar-refractivity contribution in [2.75, 3.05) is 19.6 Å². The van der Waals surface area contributed by atoms with Crippen molar-refractivity contribution < 1.29 is 38.4 Å². The lowest BCUT2D eigenvalue weighted by atomic mass is 9.83. The number of benzene rings is 6. The van der Waals surface area contributed by atoms with E-state index in [1.807, 2.05) is 97.1 Å². The molecule has 0 fully saturated rings. The minimum atomic E-state index is -0.413. The number of imide groups is 4. The lowest BCUT2D eigenvalue weighted by Gasteiger charge is -2.22. The number of hydrogen-bond acceptors (Lipinski definition) is 8. The molecule has 4 aliphatic heterocycles. The van der Waals surface area contributed by atoms with Crippen molar-refractivity contribution in [3.05, 3.63) is 228 Å². The average molecular weight is 867 g/mol. The molecule has 0 aromatic heterocycles. The zero-order valence-electron chi connectivity index (χ0n) is 34.7. The van der Waals surface area contributed by atoms with E-state index in [4.69, 9.17) is 0 Å². The standard InChI is InChI=1S/C54H34N4O8/c59-45-25-26-46(60)55(45)41-17-9-37(10-18-41)53(38-11-19-42(20-12-38)56-47(61)27-28-48(56)62)35-5-1-33(2-6-35)34-3-7-36(8-4-34)54(39-13-21-43(22-14-39)57-49(63)29-30-50(57)64)40-15-23-44(24-16-40)58-51(65)31-32-52(58)66/h1-32,53-54H. The fraction of sp³-hybridized carbons (Fsp3) is 0.0370. The Labute approximate surface area is 377 Å². The molecule has 0 aliphatic carbocycles. The maximum absolute atomic E-state index is 12.4. The van der Waals surface area contributed by atoms with E-state index < -0.39 is 47.3 Å². The molecule has 4 heterocycles. The van der Waals surface area contributed by atoms with Crippen LogP contribution in [0.3, 0.4) is 0 Å². The van der Waals surface area contributed by atoms with E-state index in [-0.39, 0.29) is 11.8 Å². The van der Waals surface area contributed by atoms with E-state index in [1.165, 1.54) is 48.6 Å². The summed E-state index contributed by atoms with van der Waals surface area (Å²) < 4.78 is 0. The van der Waals surface area contributed by atoms with E-state index in [0.29, 0.717) is 22.7 Å². The minimum absolute atomic E-state index is 0.315. The molecule has 6 aromatic carbocycles. The predicted molar refractivity (Wildman–Crippen MR) is 246 cm³/mol. The normalized spacial score (nSPS) is 15.7. The summed E-state index contributed by atoms with van der Waals surface area (Å²) in [5.74, 6) is -3.94. The number of amides is 8. The molecule has 0 spiro atoms. The molecule has 12 heteroatoms. The third kappa shape index (κ3) is 7.37. The highest BCUT2D eigenvalue weighted by atomic mass is 16.2. The van der Waals surface area contributed by atoms with E-state index in [1.54, 1.807) is 48.5 Å². The molecule has 318 valence electrons. The third-order valence-corrected chi connectivity index (χ3v) is 12.0. The quantitative estimate of drug-likeness (QED) is 0.0965. The molecular weight excluding hydrogens is 833 g/mol. The second kappa shape index (κ2) is 16.5.